The van der Waals surface area contributed by atoms with Crippen molar-refractivity contribution in [1.29, 1.82) is 0 Å². The van der Waals surface area contributed by atoms with Crippen molar-refractivity contribution in [3.05, 3.63) is 11.1 Å². The SMILES string of the molecule is CCN(C(C)=O)c1nc(CNCCNC(C)=O)cs1. The normalized spacial score (nSPS) is 10.3. The average Bonchev–Trinajstić information content (AvgIpc) is 2.77. The number of hydrogen-bond acceptors (Lipinski definition) is 5. The van der Waals surface area contributed by atoms with Crippen molar-refractivity contribution in [3.63, 3.8) is 0 Å². The van der Waals surface area contributed by atoms with Gasteiger partial charge in [-0.3, -0.25) is 14.5 Å². The first-order valence-electron chi connectivity index (χ1n) is 6.22. The maximum Gasteiger partial charge on any atom is 0.225 e. The minimum atomic E-state index is -0.0298. The third kappa shape index (κ3) is 5.35. The van der Waals surface area contributed by atoms with Crippen LogP contribution in [0.2, 0.25) is 0 Å². The van der Waals surface area contributed by atoms with E-state index in [9.17, 15) is 9.59 Å². The van der Waals surface area contributed by atoms with Crippen LogP contribution in [0.1, 0.15) is 26.5 Å². The molecular formula is C12H20N4O2S. The van der Waals surface area contributed by atoms with Crippen molar-refractivity contribution in [3.8, 4) is 0 Å². The molecule has 0 saturated carbocycles. The zero-order chi connectivity index (χ0) is 14.3. The van der Waals surface area contributed by atoms with E-state index in [0.717, 1.165) is 10.8 Å². The first kappa shape index (κ1) is 15.6. The summed E-state index contributed by atoms with van der Waals surface area (Å²) in [6, 6.07) is 0. The molecule has 0 aliphatic heterocycles. The Labute approximate surface area is 117 Å². The molecule has 0 fully saturated rings. The second kappa shape index (κ2) is 7.85. The first-order valence-corrected chi connectivity index (χ1v) is 7.10. The lowest BCUT2D eigenvalue weighted by Crippen LogP contribution is -2.30. The van der Waals surface area contributed by atoms with E-state index in [0.29, 0.717) is 26.2 Å². The molecule has 0 atom stereocenters. The number of aromatic nitrogens is 1. The average molecular weight is 284 g/mol. The van der Waals surface area contributed by atoms with Gasteiger partial charge in [0.05, 0.1) is 5.69 Å². The Kier molecular flexibility index (Phi) is 6.44. The molecule has 1 aromatic heterocycles. The van der Waals surface area contributed by atoms with Crippen molar-refractivity contribution in [1.82, 2.24) is 15.6 Å². The fourth-order valence-corrected chi connectivity index (χ4v) is 2.47. The van der Waals surface area contributed by atoms with Gasteiger partial charge in [0.25, 0.3) is 0 Å². The van der Waals surface area contributed by atoms with Gasteiger partial charge in [-0.1, -0.05) is 0 Å². The van der Waals surface area contributed by atoms with Gasteiger partial charge in [0, 0.05) is 45.4 Å². The summed E-state index contributed by atoms with van der Waals surface area (Å²) >= 11 is 1.46. The number of anilines is 1. The van der Waals surface area contributed by atoms with Crippen LogP contribution in [0.15, 0.2) is 5.38 Å². The van der Waals surface area contributed by atoms with Gasteiger partial charge in [0.2, 0.25) is 11.8 Å². The van der Waals surface area contributed by atoms with Crippen LogP contribution >= 0.6 is 11.3 Å². The van der Waals surface area contributed by atoms with Crippen LogP contribution in [0.4, 0.5) is 5.13 Å². The van der Waals surface area contributed by atoms with Gasteiger partial charge in [-0.15, -0.1) is 11.3 Å². The molecule has 1 rings (SSSR count). The van der Waals surface area contributed by atoms with Gasteiger partial charge in [0.1, 0.15) is 0 Å². The number of thiazole rings is 1. The standard InChI is InChI=1S/C12H20N4O2S/c1-4-16(10(3)18)12-15-11(8-19-12)7-13-5-6-14-9(2)17/h8,13H,4-7H2,1-3H3,(H,14,17). The first-order chi connectivity index (χ1) is 9.04. The van der Waals surface area contributed by atoms with Crippen molar-refractivity contribution in [2.24, 2.45) is 0 Å². The highest BCUT2D eigenvalue weighted by molar-refractivity contribution is 7.14. The van der Waals surface area contributed by atoms with Gasteiger partial charge in [-0.05, 0) is 6.92 Å². The van der Waals surface area contributed by atoms with Gasteiger partial charge in [-0.2, -0.15) is 0 Å². The number of carbonyl (C=O) groups is 2. The Morgan fingerprint density at radius 3 is 2.68 bits per heavy atom. The summed E-state index contributed by atoms with van der Waals surface area (Å²) in [6.45, 7) is 7.50. The van der Waals surface area contributed by atoms with Gasteiger partial charge >= 0.3 is 0 Å². The van der Waals surface area contributed by atoms with Crippen LogP contribution in [-0.2, 0) is 16.1 Å². The molecule has 0 aliphatic carbocycles. The minimum Gasteiger partial charge on any atom is -0.355 e. The van der Waals surface area contributed by atoms with Crippen molar-refractivity contribution >= 4 is 28.3 Å². The largest absolute Gasteiger partial charge is 0.355 e. The van der Waals surface area contributed by atoms with Crippen LogP contribution in [0.5, 0.6) is 0 Å². The van der Waals surface area contributed by atoms with Gasteiger partial charge in [0.15, 0.2) is 5.13 Å². The fourth-order valence-electron chi connectivity index (χ4n) is 1.54. The van der Waals surface area contributed by atoms with Crippen LogP contribution < -0.4 is 15.5 Å². The van der Waals surface area contributed by atoms with E-state index >= 15 is 0 Å². The molecule has 106 valence electrons. The number of rotatable bonds is 7. The summed E-state index contributed by atoms with van der Waals surface area (Å²) in [5.41, 5.74) is 0.905. The summed E-state index contributed by atoms with van der Waals surface area (Å²) in [4.78, 5) is 28.1. The summed E-state index contributed by atoms with van der Waals surface area (Å²) in [6.07, 6.45) is 0. The molecule has 0 aromatic carbocycles. The number of nitrogens with one attached hydrogen (secondary N) is 2. The predicted octanol–water partition coefficient (Wildman–Crippen LogP) is 0.742. The summed E-state index contributed by atoms with van der Waals surface area (Å²) in [5.74, 6) is -0.0280. The van der Waals surface area contributed by atoms with E-state index in [2.05, 4.69) is 15.6 Å². The Hall–Kier alpha value is -1.47. The maximum atomic E-state index is 11.4. The van der Waals surface area contributed by atoms with Crippen molar-refractivity contribution in [2.75, 3.05) is 24.5 Å². The van der Waals surface area contributed by atoms with Crippen LogP contribution in [-0.4, -0.2) is 36.4 Å². The number of hydrogen-bond donors (Lipinski definition) is 2. The molecule has 1 aromatic rings. The minimum absolute atomic E-state index is 0.00187. The summed E-state index contributed by atoms with van der Waals surface area (Å²) in [7, 11) is 0. The molecule has 19 heavy (non-hydrogen) atoms. The number of carbonyl (C=O) groups excluding carboxylic acids is 2. The van der Waals surface area contributed by atoms with E-state index in [1.807, 2.05) is 12.3 Å². The van der Waals surface area contributed by atoms with Crippen LogP contribution in [0.25, 0.3) is 0 Å². The summed E-state index contributed by atoms with van der Waals surface area (Å²) < 4.78 is 0. The van der Waals surface area contributed by atoms with Crippen molar-refractivity contribution < 1.29 is 9.59 Å². The second-order valence-electron chi connectivity index (χ2n) is 4.04. The molecule has 2 N–H and O–H groups in total. The third-order valence-corrected chi connectivity index (χ3v) is 3.36. The van der Waals surface area contributed by atoms with E-state index in [1.54, 1.807) is 4.90 Å². The molecule has 7 heteroatoms. The lowest BCUT2D eigenvalue weighted by Gasteiger charge is -2.14. The van der Waals surface area contributed by atoms with E-state index in [-0.39, 0.29) is 11.8 Å². The molecule has 0 aliphatic rings. The zero-order valence-electron chi connectivity index (χ0n) is 11.5. The molecule has 0 bridgehead atoms. The van der Waals surface area contributed by atoms with E-state index in [1.165, 1.54) is 25.2 Å². The lowest BCUT2D eigenvalue weighted by molar-refractivity contribution is -0.119. The maximum absolute atomic E-state index is 11.4. The highest BCUT2D eigenvalue weighted by Gasteiger charge is 2.12. The second-order valence-corrected chi connectivity index (χ2v) is 4.88. The molecule has 0 saturated heterocycles. The highest BCUT2D eigenvalue weighted by Crippen LogP contribution is 2.20. The van der Waals surface area contributed by atoms with Crippen molar-refractivity contribution in [2.45, 2.75) is 27.3 Å². The zero-order valence-corrected chi connectivity index (χ0v) is 12.3. The topological polar surface area (TPSA) is 74.3 Å². The van der Waals surface area contributed by atoms with Crippen LogP contribution in [0, 0.1) is 0 Å². The molecule has 1 heterocycles. The molecule has 0 unspecified atom stereocenters. The Morgan fingerprint density at radius 1 is 1.37 bits per heavy atom. The molecular weight excluding hydrogens is 264 g/mol. The molecule has 0 spiro atoms. The Morgan fingerprint density at radius 2 is 2.11 bits per heavy atom. The lowest BCUT2D eigenvalue weighted by atomic mass is 10.4. The highest BCUT2D eigenvalue weighted by atomic mass is 32.1. The van der Waals surface area contributed by atoms with Gasteiger partial charge < -0.3 is 10.6 Å². The summed E-state index contributed by atoms with van der Waals surface area (Å²) in [5, 5.41) is 8.56. The molecule has 2 amide bonds. The third-order valence-electron chi connectivity index (χ3n) is 2.45. The fraction of sp³-hybridized carbons (Fsp3) is 0.583. The Balaban J connectivity index is 2.38. The quantitative estimate of drug-likeness (QED) is 0.724. The smallest absolute Gasteiger partial charge is 0.225 e. The monoisotopic (exact) mass is 284 g/mol. The van der Waals surface area contributed by atoms with Gasteiger partial charge in [-0.25, -0.2) is 4.98 Å². The predicted molar refractivity (Wildman–Crippen MR) is 76.2 cm³/mol. The molecule has 6 nitrogen and oxygen atoms in total. The number of amides is 2. The van der Waals surface area contributed by atoms with E-state index < -0.39 is 0 Å². The number of nitrogens with zero attached hydrogens (tertiary/aromatic N) is 2. The molecule has 0 radical (unpaired) electrons. The van der Waals surface area contributed by atoms with E-state index in [4.69, 9.17) is 0 Å². The Bertz CT molecular complexity index is 433. The van der Waals surface area contributed by atoms with Crippen LogP contribution in [0.3, 0.4) is 0 Å².